The van der Waals surface area contributed by atoms with Crippen molar-refractivity contribution in [1.82, 2.24) is 4.31 Å². The molecule has 4 nitrogen and oxygen atoms in total. The molecule has 0 bridgehead atoms. The van der Waals surface area contributed by atoms with Gasteiger partial charge in [0.1, 0.15) is 0 Å². The van der Waals surface area contributed by atoms with Crippen LogP contribution < -0.4 is 5.73 Å². The van der Waals surface area contributed by atoms with E-state index in [9.17, 15) is 83.1 Å². The minimum atomic E-state index is -8.84. The molecule has 0 aliphatic rings. The molecule has 0 saturated heterocycles. The first-order chi connectivity index (χ1) is 15.0. The largest absolute Gasteiger partial charge is 0.460 e. The van der Waals surface area contributed by atoms with Crippen molar-refractivity contribution in [1.29, 1.82) is 0 Å². The standard InChI is InChI=1S/C13H13F17N2O2S/c1-2-4-32(5-3-31)35(33,34)13(29,30)11(24,25)9(20,21)7(16,17)6(14,15)8(18,19)10(22,23)12(26,27)28/h2-5,31H2,1H3. The topological polar surface area (TPSA) is 63.4 Å². The molecule has 0 saturated carbocycles. The summed E-state index contributed by atoms with van der Waals surface area (Å²) in [5.74, 6) is -51.6. The van der Waals surface area contributed by atoms with Crippen LogP contribution >= 0.6 is 0 Å². The average molecular weight is 584 g/mol. The van der Waals surface area contributed by atoms with Crippen molar-refractivity contribution in [2.75, 3.05) is 19.6 Å². The molecule has 0 fully saturated rings. The summed E-state index contributed by atoms with van der Waals surface area (Å²) < 4.78 is 248. The number of rotatable bonds is 12. The molecular formula is C13H13F17N2O2S. The van der Waals surface area contributed by atoms with Gasteiger partial charge in [0.2, 0.25) is 0 Å². The van der Waals surface area contributed by atoms with Gasteiger partial charge >= 0.3 is 47.0 Å². The lowest BCUT2D eigenvalue weighted by Crippen LogP contribution is -2.75. The lowest BCUT2D eigenvalue weighted by Gasteiger charge is -2.43. The number of halogens is 17. The Bertz CT molecular complexity index is 847. The van der Waals surface area contributed by atoms with E-state index in [0.717, 1.165) is 6.92 Å². The van der Waals surface area contributed by atoms with Crippen molar-refractivity contribution in [2.45, 2.75) is 60.3 Å². The van der Waals surface area contributed by atoms with Gasteiger partial charge in [-0.25, -0.2) is 8.42 Å². The molecular weight excluding hydrogens is 571 g/mol. The van der Waals surface area contributed by atoms with Crippen molar-refractivity contribution in [2.24, 2.45) is 5.73 Å². The Balaban J connectivity index is 7.02. The predicted octanol–water partition coefficient (Wildman–Crippen LogP) is 4.95. The second-order valence-corrected chi connectivity index (χ2v) is 8.63. The third-order valence-electron chi connectivity index (χ3n) is 4.21. The smallest absolute Gasteiger partial charge is 0.329 e. The maximum absolute atomic E-state index is 14.0. The Morgan fingerprint density at radius 2 is 0.886 bits per heavy atom. The van der Waals surface area contributed by atoms with Gasteiger partial charge in [0.15, 0.2) is 0 Å². The zero-order chi connectivity index (χ0) is 28.9. The van der Waals surface area contributed by atoms with Gasteiger partial charge in [-0.1, -0.05) is 6.92 Å². The van der Waals surface area contributed by atoms with Crippen LogP contribution in [0.4, 0.5) is 74.6 Å². The minimum Gasteiger partial charge on any atom is -0.329 e. The highest BCUT2D eigenvalue weighted by Gasteiger charge is 2.96. The predicted molar refractivity (Wildman–Crippen MR) is 80.5 cm³/mol. The Labute approximate surface area is 184 Å². The molecule has 22 heteroatoms. The first-order valence-corrected chi connectivity index (χ1v) is 9.87. The first kappa shape index (κ1) is 33.7. The third kappa shape index (κ3) is 4.50. The molecule has 0 radical (unpaired) electrons. The van der Waals surface area contributed by atoms with E-state index in [2.05, 4.69) is 0 Å². The van der Waals surface area contributed by atoms with Gasteiger partial charge in [0.25, 0.3) is 10.0 Å². The summed E-state index contributed by atoms with van der Waals surface area (Å²) in [4.78, 5) is 0. The van der Waals surface area contributed by atoms with E-state index in [-0.39, 0.29) is 0 Å². The third-order valence-corrected chi connectivity index (χ3v) is 6.16. The van der Waals surface area contributed by atoms with E-state index in [1.165, 1.54) is 0 Å². The normalized spacial score (nSPS) is 16.2. The Morgan fingerprint density at radius 1 is 0.571 bits per heavy atom. The molecule has 2 N–H and O–H groups in total. The van der Waals surface area contributed by atoms with Crippen molar-refractivity contribution in [3.05, 3.63) is 0 Å². The number of nitrogens with two attached hydrogens (primary N) is 1. The van der Waals surface area contributed by atoms with E-state index >= 15 is 0 Å². The van der Waals surface area contributed by atoms with Crippen molar-refractivity contribution >= 4 is 10.0 Å². The van der Waals surface area contributed by atoms with Crippen LogP contribution in [0.3, 0.4) is 0 Å². The van der Waals surface area contributed by atoms with Gasteiger partial charge in [-0.3, -0.25) is 0 Å². The Kier molecular flexibility index (Phi) is 8.86. The number of nitrogens with zero attached hydrogens (tertiary/aromatic N) is 1. The summed E-state index contributed by atoms with van der Waals surface area (Å²) in [6, 6.07) is 0. The Morgan fingerprint density at radius 3 is 1.17 bits per heavy atom. The monoisotopic (exact) mass is 584 g/mol. The average Bonchev–Trinajstić information content (AvgIpc) is 2.65. The SMILES string of the molecule is CCCN(CCN)S(=O)(=O)C(F)(F)C(F)(F)C(F)(F)C(F)(F)C(F)(F)C(F)(F)C(F)(F)C(F)(F)F. The summed E-state index contributed by atoms with van der Waals surface area (Å²) in [5.41, 5.74) is 4.79. The molecule has 0 aromatic carbocycles. The molecule has 0 rings (SSSR count). The fraction of sp³-hybridized carbons (Fsp3) is 1.00. The molecule has 0 heterocycles. The van der Waals surface area contributed by atoms with Gasteiger partial charge in [-0.05, 0) is 6.42 Å². The van der Waals surface area contributed by atoms with E-state index in [1.807, 2.05) is 0 Å². The molecule has 0 aromatic heterocycles. The second kappa shape index (κ2) is 9.21. The van der Waals surface area contributed by atoms with Crippen molar-refractivity contribution < 1.29 is 83.1 Å². The quantitative estimate of drug-likeness (QED) is 0.331. The van der Waals surface area contributed by atoms with E-state index in [0.29, 0.717) is 0 Å². The second-order valence-electron chi connectivity index (χ2n) is 6.65. The van der Waals surface area contributed by atoms with Crippen LogP contribution in [0.5, 0.6) is 0 Å². The van der Waals surface area contributed by atoms with Crippen LogP contribution in [0.1, 0.15) is 13.3 Å². The zero-order valence-corrected chi connectivity index (χ0v) is 17.3. The van der Waals surface area contributed by atoms with Crippen molar-refractivity contribution in [3.63, 3.8) is 0 Å². The van der Waals surface area contributed by atoms with Crippen LogP contribution in [0, 0.1) is 0 Å². The molecule has 0 spiro atoms. The fourth-order valence-corrected chi connectivity index (χ4v) is 3.76. The van der Waals surface area contributed by atoms with Crippen LogP contribution in [0.15, 0.2) is 0 Å². The molecule has 0 aliphatic carbocycles. The van der Waals surface area contributed by atoms with Gasteiger partial charge in [-0.2, -0.15) is 78.9 Å². The number of sulfonamides is 1. The van der Waals surface area contributed by atoms with Gasteiger partial charge in [0, 0.05) is 19.6 Å². The van der Waals surface area contributed by atoms with Gasteiger partial charge < -0.3 is 5.73 Å². The highest BCUT2D eigenvalue weighted by Crippen LogP contribution is 2.64. The number of hydrogen-bond donors (Lipinski definition) is 1. The summed E-state index contributed by atoms with van der Waals surface area (Å²) in [5, 5.41) is -7.55. The summed E-state index contributed by atoms with van der Waals surface area (Å²) in [7, 11) is -7.26. The van der Waals surface area contributed by atoms with Gasteiger partial charge in [0.05, 0.1) is 0 Å². The van der Waals surface area contributed by atoms with Crippen molar-refractivity contribution in [3.8, 4) is 0 Å². The van der Waals surface area contributed by atoms with E-state index < -0.39 is 87.3 Å². The fourth-order valence-electron chi connectivity index (χ4n) is 2.22. The number of hydrogen-bond acceptors (Lipinski definition) is 3. The van der Waals surface area contributed by atoms with E-state index in [4.69, 9.17) is 5.73 Å². The molecule has 0 unspecified atom stereocenters. The Hall–Kier alpha value is -1.32. The molecule has 0 aliphatic heterocycles. The van der Waals surface area contributed by atoms with E-state index in [1.54, 1.807) is 0 Å². The highest BCUT2D eigenvalue weighted by molar-refractivity contribution is 7.90. The number of alkyl halides is 17. The van der Waals surface area contributed by atoms with Crippen LogP contribution in [-0.4, -0.2) is 79.3 Å². The maximum Gasteiger partial charge on any atom is 0.460 e. The first-order valence-electron chi connectivity index (χ1n) is 8.43. The maximum atomic E-state index is 14.0. The molecule has 35 heavy (non-hydrogen) atoms. The van der Waals surface area contributed by atoms with Crippen LogP contribution in [-0.2, 0) is 10.0 Å². The molecule has 212 valence electrons. The van der Waals surface area contributed by atoms with Crippen LogP contribution in [0.2, 0.25) is 0 Å². The lowest BCUT2D eigenvalue weighted by molar-refractivity contribution is -0.458. The molecule has 0 amide bonds. The zero-order valence-electron chi connectivity index (χ0n) is 16.5. The summed E-state index contributed by atoms with van der Waals surface area (Å²) in [6.07, 6.45) is -8.42. The van der Waals surface area contributed by atoms with Crippen LogP contribution in [0.25, 0.3) is 0 Å². The highest BCUT2D eigenvalue weighted by atomic mass is 32.2. The van der Waals surface area contributed by atoms with Gasteiger partial charge in [-0.15, -0.1) is 0 Å². The minimum absolute atomic E-state index is 0.551. The summed E-state index contributed by atoms with van der Waals surface area (Å²) >= 11 is 0. The summed E-state index contributed by atoms with van der Waals surface area (Å²) in [6.45, 7) is -2.64. The molecule has 0 atom stereocenters. The molecule has 0 aromatic rings. The lowest BCUT2D eigenvalue weighted by atomic mass is 9.91.